The van der Waals surface area contributed by atoms with Crippen LogP contribution >= 0.6 is 0 Å². The van der Waals surface area contributed by atoms with Crippen molar-refractivity contribution in [2.45, 2.75) is 26.3 Å². The van der Waals surface area contributed by atoms with Crippen LogP contribution in [-0.2, 0) is 4.79 Å². The van der Waals surface area contributed by atoms with E-state index < -0.39 is 12.0 Å². The van der Waals surface area contributed by atoms with E-state index in [2.05, 4.69) is 0 Å². The fourth-order valence-corrected chi connectivity index (χ4v) is 0.680. The average molecular weight is 164 g/mol. The summed E-state index contributed by atoms with van der Waals surface area (Å²) in [6.45, 7) is 3.79. The minimum absolute atomic E-state index is 0. The van der Waals surface area contributed by atoms with Crippen LogP contribution in [0.25, 0.3) is 0 Å². The molecule has 5 nitrogen and oxygen atoms in total. The minimum Gasteiger partial charge on any atom is -0.480 e. The van der Waals surface area contributed by atoms with Crippen LogP contribution in [0.4, 0.5) is 0 Å². The average Bonchev–Trinajstić information content (AvgIpc) is 1.81. The Morgan fingerprint density at radius 2 is 2.00 bits per heavy atom. The zero-order chi connectivity index (χ0) is 8.15. The molecule has 0 radical (unpaired) electrons. The van der Waals surface area contributed by atoms with Crippen molar-refractivity contribution < 1.29 is 15.1 Å². The van der Waals surface area contributed by atoms with Crippen LogP contribution in [0.5, 0.6) is 0 Å². The van der Waals surface area contributed by atoms with Crippen molar-refractivity contribution in [3.8, 4) is 0 Å². The van der Waals surface area contributed by atoms with Gasteiger partial charge in [0, 0.05) is 0 Å². The number of aliphatic carboxylic acids is 1. The second-order valence-corrected chi connectivity index (χ2v) is 2.65. The Hall–Kier alpha value is -0.650. The Morgan fingerprint density at radius 1 is 1.55 bits per heavy atom. The molecule has 1 atom stereocenters. The molecule has 0 spiro atoms. The number of hydrogen-bond acceptors (Lipinski definition) is 4. The molecule has 0 saturated heterocycles. The first kappa shape index (κ1) is 13.0. The second kappa shape index (κ2) is 6.09. The monoisotopic (exact) mass is 164 g/mol. The first-order valence-corrected chi connectivity index (χ1v) is 3.20. The highest BCUT2D eigenvalue weighted by Crippen LogP contribution is 2.03. The third-order valence-corrected chi connectivity index (χ3v) is 1.16. The Bertz CT molecular complexity index is 116. The lowest BCUT2D eigenvalue weighted by molar-refractivity contribution is -0.142. The van der Waals surface area contributed by atoms with E-state index in [9.17, 15) is 4.79 Å². The molecule has 0 aliphatic carbocycles. The highest BCUT2D eigenvalue weighted by atomic mass is 16.5. The van der Waals surface area contributed by atoms with Gasteiger partial charge in [-0.15, -0.1) is 0 Å². The van der Waals surface area contributed by atoms with Gasteiger partial charge in [-0.2, -0.15) is 5.48 Å². The number of carboxylic acids is 1. The van der Waals surface area contributed by atoms with Gasteiger partial charge in [-0.05, 0) is 12.3 Å². The highest BCUT2D eigenvalue weighted by molar-refractivity contribution is 5.73. The lowest BCUT2D eigenvalue weighted by atomic mass is 10.1. The Labute approximate surface area is 66.0 Å². The molecular formula is C6H16N2O3. The lowest BCUT2D eigenvalue weighted by Gasteiger charge is -2.11. The molecule has 0 bridgehead atoms. The number of hydrogen-bond donors (Lipinski definition) is 4. The number of carboxylic acid groups (broad SMARTS) is 1. The van der Waals surface area contributed by atoms with Crippen molar-refractivity contribution in [3.05, 3.63) is 0 Å². The Balaban J connectivity index is 0. The molecule has 5 heteroatoms. The quantitative estimate of drug-likeness (QED) is 0.456. The van der Waals surface area contributed by atoms with Gasteiger partial charge >= 0.3 is 5.97 Å². The third-order valence-electron chi connectivity index (χ3n) is 1.16. The van der Waals surface area contributed by atoms with E-state index in [0.29, 0.717) is 6.42 Å². The molecule has 0 rings (SSSR count). The second-order valence-electron chi connectivity index (χ2n) is 2.65. The maximum absolute atomic E-state index is 10.2. The van der Waals surface area contributed by atoms with Crippen molar-refractivity contribution in [2.24, 2.45) is 5.92 Å². The standard InChI is InChI=1S/C6H13NO3.H3N/c1-4(2)3-5(7-10)6(8)9;/h4-5,7,10H,3H2,1-2H3,(H,8,9);1H3. The van der Waals surface area contributed by atoms with Crippen molar-refractivity contribution >= 4 is 5.97 Å². The first-order valence-electron chi connectivity index (χ1n) is 3.20. The van der Waals surface area contributed by atoms with Gasteiger partial charge in [0.05, 0.1) is 0 Å². The molecule has 0 aromatic carbocycles. The predicted octanol–water partition coefficient (Wildman–Crippen LogP) is 0.626. The van der Waals surface area contributed by atoms with Crippen molar-refractivity contribution in [1.82, 2.24) is 11.6 Å². The van der Waals surface area contributed by atoms with Crippen LogP contribution in [0.2, 0.25) is 0 Å². The minimum atomic E-state index is -1.02. The molecule has 0 fully saturated rings. The summed E-state index contributed by atoms with van der Waals surface area (Å²) in [5, 5.41) is 16.7. The maximum Gasteiger partial charge on any atom is 0.323 e. The van der Waals surface area contributed by atoms with Gasteiger partial charge in [0.25, 0.3) is 0 Å². The van der Waals surface area contributed by atoms with Gasteiger partial charge in [-0.1, -0.05) is 13.8 Å². The van der Waals surface area contributed by atoms with Crippen LogP contribution in [0.15, 0.2) is 0 Å². The summed E-state index contributed by atoms with van der Waals surface area (Å²) in [5.41, 5.74) is 1.73. The number of carbonyl (C=O) groups is 1. The van der Waals surface area contributed by atoms with E-state index in [1.807, 2.05) is 13.8 Å². The molecule has 0 aromatic rings. The topological polar surface area (TPSA) is 105 Å². The SMILES string of the molecule is CC(C)CC(NO)C(=O)O.N. The van der Waals surface area contributed by atoms with Crippen LogP contribution in [0.3, 0.4) is 0 Å². The third kappa shape index (κ3) is 5.78. The molecular weight excluding hydrogens is 148 g/mol. The lowest BCUT2D eigenvalue weighted by Crippen LogP contribution is -2.35. The zero-order valence-corrected chi connectivity index (χ0v) is 6.87. The van der Waals surface area contributed by atoms with Crippen LogP contribution in [-0.4, -0.2) is 22.3 Å². The van der Waals surface area contributed by atoms with Gasteiger partial charge in [0.2, 0.25) is 0 Å². The highest BCUT2D eigenvalue weighted by Gasteiger charge is 2.16. The maximum atomic E-state index is 10.2. The molecule has 0 heterocycles. The largest absolute Gasteiger partial charge is 0.480 e. The first-order chi connectivity index (χ1) is 4.57. The molecule has 1 unspecified atom stereocenters. The summed E-state index contributed by atoms with van der Waals surface area (Å²) in [5.74, 6) is -0.753. The van der Waals surface area contributed by atoms with Crippen LogP contribution in [0, 0.1) is 5.92 Å². The molecule has 68 valence electrons. The number of rotatable bonds is 4. The smallest absolute Gasteiger partial charge is 0.323 e. The molecule has 0 aliphatic rings. The summed E-state index contributed by atoms with van der Waals surface area (Å²) in [4.78, 5) is 10.2. The molecule has 6 N–H and O–H groups in total. The normalized spacial score (nSPS) is 12.4. The predicted molar refractivity (Wildman–Crippen MR) is 40.8 cm³/mol. The van der Waals surface area contributed by atoms with Gasteiger partial charge < -0.3 is 16.5 Å². The molecule has 0 saturated carbocycles. The zero-order valence-electron chi connectivity index (χ0n) is 6.87. The fourth-order valence-electron chi connectivity index (χ4n) is 0.680. The molecule has 0 aliphatic heterocycles. The van der Waals surface area contributed by atoms with E-state index in [1.54, 1.807) is 5.48 Å². The summed E-state index contributed by atoms with van der Waals surface area (Å²) in [7, 11) is 0. The van der Waals surface area contributed by atoms with E-state index in [-0.39, 0.29) is 12.1 Å². The van der Waals surface area contributed by atoms with E-state index in [1.165, 1.54) is 0 Å². The van der Waals surface area contributed by atoms with Gasteiger partial charge in [-0.3, -0.25) is 4.79 Å². The van der Waals surface area contributed by atoms with Crippen molar-refractivity contribution in [1.29, 1.82) is 0 Å². The van der Waals surface area contributed by atoms with Crippen molar-refractivity contribution in [3.63, 3.8) is 0 Å². The Morgan fingerprint density at radius 3 is 2.09 bits per heavy atom. The summed E-state index contributed by atoms with van der Waals surface area (Å²) < 4.78 is 0. The van der Waals surface area contributed by atoms with Gasteiger partial charge in [0.1, 0.15) is 6.04 Å². The molecule has 0 amide bonds. The van der Waals surface area contributed by atoms with E-state index in [0.717, 1.165) is 0 Å². The summed E-state index contributed by atoms with van der Waals surface area (Å²) in [6, 6.07) is -0.833. The summed E-state index contributed by atoms with van der Waals surface area (Å²) >= 11 is 0. The summed E-state index contributed by atoms with van der Waals surface area (Å²) in [6.07, 6.45) is 0.436. The number of hydroxylamine groups is 1. The number of nitrogens with one attached hydrogen (secondary N) is 1. The van der Waals surface area contributed by atoms with Gasteiger partial charge in [-0.25, -0.2) is 0 Å². The van der Waals surface area contributed by atoms with Gasteiger partial charge in [0.15, 0.2) is 0 Å². The fraction of sp³-hybridized carbons (Fsp3) is 0.833. The van der Waals surface area contributed by atoms with Crippen LogP contribution < -0.4 is 11.6 Å². The molecule has 0 aromatic heterocycles. The van der Waals surface area contributed by atoms with Crippen molar-refractivity contribution in [2.75, 3.05) is 0 Å². The van der Waals surface area contributed by atoms with E-state index >= 15 is 0 Å². The molecule has 11 heavy (non-hydrogen) atoms. The van der Waals surface area contributed by atoms with E-state index in [4.69, 9.17) is 10.3 Å². The van der Waals surface area contributed by atoms with Crippen LogP contribution in [0.1, 0.15) is 20.3 Å². The Kier molecular flexibility index (Phi) is 7.18.